The van der Waals surface area contributed by atoms with Crippen LogP contribution in [0.4, 0.5) is 10.3 Å². The van der Waals surface area contributed by atoms with E-state index in [1.165, 1.54) is 36.6 Å². The first-order chi connectivity index (χ1) is 10.7. The summed E-state index contributed by atoms with van der Waals surface area (Å²) in [6.07, 6.45) is 9.30. The zero-order chi connectivity index (χ0) is 15.1. The van der Waals surface area contributed by atoms with Gasteiger partial charge in [0, 0.05) is 19.3 Å². The lowest BCUT2D eigenvalue weighted by atomic mass is 10.0. The third-order valence-corrected chi connectivity index (χ3v) is 4.82. The summed E-state index contributed by atoms with van der Waals surface area (Å²) in [7, 11) is 2.12. The first-order valence-corrected chi connectivity index (χ1v) is 8.02. The molecule has 0 bridgehead atoms. The summed E-state index contributed by atoms with van der Waals surface area (Å²) in [4.78, 5) is 15.4. The van der Waals surface area contributed by atoms with Gasteiger partial charge in [0.05, 0.1) is 24.1 Å². The van der Waals surface area contributed by atoms with Crippen LogP contribution in [0.15, 0.2) is 12.4 Å². The SMILES string of the molecule is Cn1c(C2CCCN2c2ncc(F)cn2)nc2c1CCCC2. The van der Waals surface area contributed by atoms with Gasteiger partial charge in [0.1, 0.15) is 5.82 Å². The Hall–Kier alpha value is -1.98. The molecule has 6 heteroatoms. The highest BCUT2D eigenvalue weighted by molar-refractivity contribution is 5.36. The van der Waals surface area contributed by atoms with Crippen molar-refractivity contribution in [2.24, 2.45) is 7.05 Å². The maximum atomic E-state index is 13.1. The number of rotatable bonds is 2. The van der Waals surface area contributed by atoms with E-state index in [2.05, 4.69) is 26.5 Å². The van der Waals surface area contributed by atoms with Crippen molar-refractivity contribution in [3.63, 3.8) is 0 Å². The highest BCUT2D eigenvalue weighted by atomic mass is 19.1. The van der Waals surface area contributed by atoms with Gasteiger partial charge in [-0.05, 0) is 38.5 Å². The molecule has 1 atom stereocenters. The molecule has 1 aliphatic carbocycles. The predicted molar refractivity (Wildman–Crippen MR) is 81.2 cm³/mol. The molecular formula is C16H20FN5. The second-order valence-corrected chi connectivity index (χ2v) is 6.18. The average Bonchev–Trinajstić information content (AvgIpc) is 3.13. The van der Waals surface area contributed by atoms with Crippen LogP contribution in [0.3, 0.4) is 0 Å². The van der Waals surface area contributed by atoms with E-state index in [0.29, 0.717) is 5.95 Å². The van der Waals surface area contributed by atoms with Gasteiger partial charge in [-0.2, -0.15) is 0 Å². The molecule has 2 aliphatic rings. The maximum absolute atomic E-state index is 13.1. The van der Waals surface area contributed by atoms with Crippen LogP contribution in [0.2, 0.25) is 0 Å². The molecule has 3 heterocycles. The topological polar surface area (TPSA) is 46.8 Å². The summed E-state index contributed by atoms with van der Waals surface area (Å²) in [5.41, 5.74) is 2.64. The first-order valence-electron chi connectivity index (χ1n) is 8.02. The molecule has 1 unspecified atom stereocenters. The molecule has 2 aromatic heterocycles. The Bertz CT molecular complexity index is 679. The van der Waals surface area contributed by atoms with Gasteiger partial charge in [0.25, 0.3) is 0 Å². The Labute approximate surface area is 129 Å². The van der Waals surface area contributed by atoms with Crippen LogP contribution in [0, 0.1) is 5.82 Å². The van der Waals surface area contributed by atoms with Crippen LogP contribution in [0.5, 0.6) is 0 Å². The van der Waals surface area contributed by atoms with E-state index in [1.54, 1.807) is 0 Å². The quantitative estimate of drug-likeness (QED) is 0.855. The summed E-state index contributed by atoms with van der Waals surface area (Å²) < 4.78 is 15.3. The molecule has 0 saturated carbocycles. The smallest absolute Gasteiger partial charge is 0.226 e. The van der Waals surface area contributed by atoms with Crippen LogP contribution in [0.1, 0.15) is 48.9 Å². The minimum Gasteiger partial charge on any atom is -0.333 e. The van der Waals surface area contributed by atoms with Crippen LogP contribution in [0.25, 0.3) is 0 Å². The molecule has 0 aromatic carbocycles. The van der Waals surface area contributed by atoms with E-state index in [0.717, 1.165) is 38.1 Å². The largest absolute Gasteiger partial charge is 0.333 e. The number of anilines is 1. The lowest BCUT2D eigenvalue weighted by Gasteiger charge is -2.24. The molecule has 22 heavy (non-hydrogen) atoms. The van der Waals surface area contributed by atoms with Crippen molar-refractivity contribution in [1.29, 1.82) is 0 Å². The highest BCUT2D eigenvalue weighted by Gasteiger charge is 2.32. The molecule has 0 spiro atoms. The van der Waals surface area contributed by atoms with Crippen LogP contribution >= 0.6 is 0 Å². The lowest BCUT2D eigenvalue weighted by molar-refractivity contribution is 0.593. The van der Waals surface area contributed by atoms with Crippen molar-refractivity contribution >= 4 is 5.95 Å². The third-order valence-electron chi connectivity index (χ3n) is 4.82. The van der Waals surface area contributed by atoms with E-state index >= 15 is 0 Å². The minimum absolute atomic E-state index is 0.195. The first kappa shape index (κ1) is 13.7. The predicted octanol–water partition coefficient (Wildman–Crippen LogP) is 2.57. The Balaban J connectivity index is 1.69. The van der Waals surface area contributed by atoms with Crippen LogP contribution < -0.4 is 4.90 Å². The Kier molecular flexibility index (Phi) is 3.32. The fraction of sp³-hybridized carbons (Fsp3) is 0.562. The maximum Gasteiger partial charge on any atom is 0.226 e. The van der Waals surface area contributed by atoms with Crippen LogP contribution in [-0.4, -0.2) is 26.1 Å². The molecule has 1 aliphatic heterocycles. The zero-order valence-corrected chi connectivity index (χ0v) is 12.8. The zero-order valence-electron chi connectivity index (χ0n) is 12.8. The number of aromatic nitrogens is 4. The molecule has 0 amide bonds. The number of fused-ring (bicyclic) bond motifs is 1. The fourth-order valence-electron chi connectivity index (χ4n) is 3.73. The highest BCUT2D eigenvalue weighted by Crippen LogP contribution is 2.35. The van der Waals surface area contributed by atoms with Crippen molar-refractivity contribution in [3.05, 3.63) is 35.4 Å². The van der Waals surface area contributed by atoms with Gasteiger partial charge in [0.15, 0.2) is 5.82 Å². The second kappa shape index (κ2) is 5.34. The van der Waals surface area contributed by atoms with Gasteiger partial charge in [-0.15, -0.1) is 0 Å². The molecule has 0 radical (unpaired) electrons. The van der Waals surface area contributed by atoms with Crippen molar-refractivity contribution in [3.8, 4) is 0 Å². The molecule has 116 valence electrons. The van der Waals surface area contributed by atoms with E-state index in [9.17, 15) is 4.39 Å². The summed E-state index contributed by atoms with van der Waals surface area (Å²) in [6, 6.07) is 0.195. The van der Waals surface area contributed by atoms with Gasteiger partial charge in [-0.25, -0.2) is 19.3 Å². The van der Waals surface area contributed by atoms with Crippen molar-refractivity contribution < 1.29 is 4.39 Å². The Morgan fingerprint density at radius 1 is 1.14 bits per heavy atom. The fourth-order valence-corrected chi connectivity index (χ4v) is 3.73. The van der Waals surface area contributed by atoms with Gasteiger partial charge >= 0.3 is 0 Å². The minimum atomic E-state index is -0.396. The van der Waals surface area contributed by atoms with Gasteiger partial charge < -0.3 is 9.47 Å². The Morgan fingerprint density at radius 2 is 1.91 bits per heavy atom. The van der Waals surface area contributed by atoms with Crippen molar-refractivity contribution in [2.75, 3.05) is 11.4 Å². The number of hydrogen-bond acceptors (Lipinski definition) is 4. The summed E-state index contributed by atoms with van der Waals surface area (Å²) >= 11 is 0. The number of aryl methyl sites for hydroxylation is 1. The van der Waals surface area contributed by atoms with E-state index < -0.39 is 5.82 Å². The average molecular weight is 301 g/mol. The standard InChI is InChI=1S/C16H20FN5/c1-21-13-6-3-2-5-12(13)20-15(21)14-7-4-8-22(14)16-18-9-11(17)10-19-16/h9-10,14H,2-8H2,1H3. The number of halogens is 1. The summed E-state index contributed by atoms with van der Waals surface area (Å²) in [5.74, 6) is 1.31. The summed E-state index contributed by atoms with van der Waals surface area (Å²) in [6.45, 7) is 0.897. The normalized spacial score (nSPS) is 21.2. The number of imidazole rings is 1. The third kappa shape index (κ3) is 2.17. The number of hydrogen-bond donors (Lipinski definition) is 0. The molecular weight excluding hydrogens is 281 g/mol. The van der Waals surface area contributed by atoms with Crippen molar-refractivity contribution in [2.45, 2.75) is 44.6 Å². The lowest BCUT2D eigenvalue weighted by Crippen LogP contribution is -2.26. The van der Waals surface area contributed by atoms with Gasteiger partial charge in [-0.1, -0.05) is 0 Å². The Morgan fingerprint density at radius 3 is 2.68 bits per heavy atom. The second-order valence-electron chi connectivity index (χ2n) is 6.18. The molecule has 2 aromatic rings. The summed E-state index contributed by atoms with van der Waals surface area (Å²) in [5, 5.41) is 0. The van der Waals surface area contributed by atoms with E-state index in [1.807, 2.05) is 0 Å². The van der Waals surface area contributed by atoms with Gasteiger partial charge in [0.2, 0.25) is 5.95 Å². The molecule has 4 rings (SSSR count). The van der Waals surface area contributed by atoms with Crippen molar-refractivity contribution in [1.82, 2.24) is 19.5 Å². The number of nitrogens with zero attached hydrogens (tertiary/aromatic N) is 5. The van der Waals surface area contributed by atoms with Crippen LogP contribution in [-0.2, 0) is 19.9 Å². The van der Waals surface area contributed by atoms with E-state index in [-0.39, 0.29) is 6.04 Å². The van der Waals surface area contributed by atoms with E-state index in [4.69, 9.17) is 4.98 Å². The molecule has 1 saturated heterocycles. The monoisotopic (exact) mass is 301 g/mol. The molecule has 0 N–H and O–H groups in total. The van der Waals surface area contributed by atoms with Gasteiger partial charge in [-0.3, -0.25) is 0 Å². The molecule has 1 fully saturated rings. The molecule has 5 nitrogen and oxygen atoms in total.